The number of carbonyl (C=O) groups is 1. The van der Waals surface area contributed by atoms with Gasteiger partial charge in [0, 0.05) is 13.1 Å². The van der Waals surface area contributed by atoms with Crippen LogP contribution >= 0.6 is 0 Å². The molecule has 0 radical (unpaired) electrons. The van der Waals surface area contributed by atoms with Crippen LogP contribution in [-0.2, 0) is 6.42 Å². The van der Waals surface area contributed by atoms with Crippen molar-refractivity contribution in [1.29, 1.82) is 0 Å². The fourth-order valence-electron chi connectivity index (χ4n) is 3.25. The van der Waals surface area contributed by atoms with Crippen LogP contribution in [0, 0.1) is 5.82 Å². The summed E-state index contributed by atoms with van der Waals surface area (Å²) in [5.74, 6) is 0.573. The molecule has 1 aliphatic heterocycles. The predicted octanol–water partition coefficient (Wildman–Crippen LogP) is 3.92. The summed E-state index contributed by atoms with van der Waals surface area (Å²) < 4.78 is 18.1. The normalized spacial score (nSPS) is 16.7. The molecular formula is C20H23FN2O2. The largest absolute Gasteiger partial charge is 0.497 e. The summed E-state index contributed by atoms with van der Waals surface area (Å²) in [6.45, 7) is 1.30. The minimum atomic E-state index is -0.243. The summed E-state index contributed by atoms with van der Waals surface area (Å²) in [7, 11) is 1.64. The van der Waals surface area contributed by atoms with Gasteiger partial charge in [0.25, 0.3) is 0 Å². The third-order valence-electron chi connectivity index (χ3n) is 4.62. The molecule has 3 rings (SSSR count). The molecule has 1 N–H and O–H groups in total. The van der Waals surface area contributed by atoms with E-state index in [-0.39, 0.29) is 17.9 Å². The van der Waals surface area contributed by atoms with E-state index in [4.69, 9.17) is 4.74 Å². The number of carbonyl (C=O) groups excluding carboxylic acids is 1. The first kappa shape index (κ1) is 17.3. The summed E-state index contributed by atoms with van der Waals surface area (Å²) in [6, 6.07) is 14.3. The molecule has 2 aromatic rings. The molecule has 25 heavy (non-hydrogen) atoms. The Balaban J connectivity index is 1.55. The zero-order valence-corrected chi connectivity index (χ0v) is 14.4. The van der Waals surface area contributed by atoms with Gasteiger partial charge in [-0.1, -0.05) is 24.3 Å². The Morgan fingerprint density at radius 3 is 2.60 bits per heavy atom. The first-order chi connectivity index (χ1) is 12.2. The van der Waals surface area contributed by atoms with Crippen LogP contribution in [0.1, 0.15) is 30.0 Å². The number of hydrogen-bond donors (Lipinski definition) is 1. The quantitative estimate of drug-likeness (QED) is 0.895. The minimum absolute atomic E-state index is 0.0413. The predicted molar refractivity (Wildman–Crippen MR) is 95.2 cm³/mol. The van der Waals surface area contributed by atoms with E-state index in [1.165, 1.54) is 12.1 Å². The Morgan fingerprint density at radius 1 is 1.20 bits per heavy atom. The molecule has 4 nitrogen and oxygen atoms in total. The zero-order chi connectivity index (χ0) is 17.6. The Bertz CT molecular complexity index is 701. The van der Waals surface area contributed by atoms with Gasteiger partial charge in [-0.3, -0.25) is 0 Å². The standard InChI is InChI=1S/C20H23FN2O2/c1-25-18-10-6-16(7-11-18)19-3-2-14-23(19)20(24)22-13-12-15-4-8-17(21)9-5-15/h4-11,19H,2-3,12-14H2,1H3,(H,22,24). The lowest BCUT2D eigenvalue weighted by atomic mass is 10.0. The molecule has 2 amide bonds. The van der Waals surface area contributed by atoms with Crippen LogP contribution in [0.25, 0.3) is 0 Å². The molecule has 1 heterocycles. The Labute approximate surface area is 147 Å². The number of urea groups is 1. The molecular weight excluding hydrogens is 319 g/mol. The van der Waals surface area contributed by atoms with Crippen molar-refractivity contribution in [2.24, 2.45) is 0 Å². The van der Waals surface area contributed by atoms with Crippen LogP contribution in [0.15, 0.2) is 48.5 Å². The molecule has 1 unspecified atom stereocenters. The van der Waals surface area contributed by atoms with Gasteiger partial charge >= 0.3 is 6.03 Å². The molecule has 0 spiro atoms. The number of methoxy groups -OCH3 is 1. The Hall–Kier alpha value is -2.56. The van der Waals surface area contributed by atoms with Crippen LogP contribution in [-0.4, -0.2) is 31.1 Å². The van der Waals surface area contributed by atoms with Crippen molar-refractivity contribution in [1.82, 2.24) is 10.2 Å². The molecule has 5 heteroatoms. The number of hydrogen-bond acceptors (Lipinski definition) is 2. The van der Waals surface area contributed by atoms with Crippen molar-refractivity contribution in [3.05, 3.63) is 65.5 Å². The highest BCUT2D eigenvalue weighted by atomic mass is 19.1. The molecule has 1 saturated heterocycles. The number of nitrogens with zero attached hydrogens (tertiary/aromatic N) is 1. The van der Waals surface area contributed by atoms with E-state index in [1.54, 1.807) is 19.2 Å². The summed E-state index contributed by atoms with van der Waals surface area (Å²) in [5.41, 5.74) is 2.14. The van der Waals surface area contributed by atoms with E-state index in [0.29, 0.717) is 13.0 Å². The summed E-state index contributed by atoms with van der Waals surface area (Å²) in [5, 5.41) is 2.98. The van der Waals surface area contributed by atoms with Gasteiger partial charge in [-0.05, 0) is 54.7 Å². The fourth-order valence-corrected chi connectivity index (χ4v) is 3.25. The molecule has 1 fully saturated rings. The Kier molecular flexibility index (Phi) is 5.53. The monoisotopic (exact) mass is 342 g/mol. The number of amides is 2. The number of nitrogens with one attached hydrogen (secondary N) is 1. The smallest absolute Gasteiger partial charge is 0.317 e. The second-order valence-corrected chi connectivity index (χ2v) is 6.23. The van der Waals surface area contributed by atoms with E-state index in [1.807, 2.05) is 29.2 Å². The highest BCUT2D eigenvalue weighted by Crippen LogP contribution is 2.32. The van der Waals surface area contributed by atoms with Crippen LogP contribution in [0.4, 0.5) is 9.18 Å². The van der Waals surface area contributed by atoms with E-state index in [9.17, 15) is 9.18 Å². The van der Waals surface area contributed by atoms with Gasteiger partial charge in [-0.2, -0.15) is 0 Å². The van der Waals surface area contributed by atoms with Crippen molar-refractivity contribution in [3.63, 3.8) is 0 Å². The van der Waals surface area contributed by atoms with Crippen LogP contribution in [0.2, 0.25) is 0 Å². The molecule has 0 bridgehead atoms. The highest BCUT2D eigenvalue weighted by molar-refractivity contribution is 5.75. The second-order valence-electron chi connectivity index (χ2n) is 6.23. The number of halogens is 1. The van der Waals surface area contributed by atoms with E-state index in [2.05, 4.69) is 5.32 Å². The van der Waals surface area contributed by atoms with Gasteiger partial charge in [0.1, 0.15) is 11.6 Å². The number of ether oxygens (including phenoxy) is 1. The maximum Gasteiger partial charge on any atom is 0.317 e. The molecule has 0 aromatic heterocycles. The van der Waals surface area contributed by atoms with Gasteiger partial charge in [0.15, 0.2) is 0 Å². The third kappa shape index (κ3) is 4.29. The van der Waals surface area contributed by atoms with Crippen molar-refractivity contribution in [2.45, 2.75) is 25.3 Å². The van der Waals surface area contributed by atoms with E-state index in [0.717, 1.165) is 36.3 Å². The first-order valence-corrected chi connectivity index (χ1v) is 8.60. The molecule has 1 aliphatic rings. The molecule has 0 saturated carbocycles. The second kappa shape index (κ2) is 8.01. The maximum atomic E-state index is 12.9. The average Bonchev–Trinajstić information content (AvgIpc) is 3.13. The third-order valence-corrected chi connectivity index (χ3v) is 4.62. The van der Waals surface area contributed by atoms with E-state index < -0.39 is 0 Å². The minimum Gasteiger partial charge on any atom is -0.497 e. The van der Waals surface area contributed by atoms with Gasteiger partial charge in [-0.25, -0.2) is 9.18 Å². The number of benzene rings is 2. The van der Waals surface area contributed by atoms with Gasteiger partial charge in [0.05, 0.1) is 13.2 Å². The van der Waals surface area contributed by atoms with Gasteiger partial charge in [0.2, 0.25) is 0 Å². The molecule has 132 valence electrons. The number of likely N-dealkylation sites (tertiary alicyclic amines) is 1. The van der Waals surface area contributed by atoms with Crippen LogP contribution in [0.3, 0.4) is 0 Å². The Morgan fingerprint density at radius 2 is 1.92 bits per heavy atom. The fraction of sp³-hybridized carbons (Fsp3) is 0.350. The van der Waals surface area contributed by atoms with Crippen molar-refractivity contribution < 1.29 is 13.9 Å². The molecule has 0 aliphatic carbocycles. The van der Waals surface area contributed by atoms with Gasteiger partial charge < -0.3 is 15.0 Å². The molecule has 1 atom stereocenters. The summed E-state index contributed by atoms with van der Waals surface area (Å²) >= 11 is 0. The number of rotatable bonds is 5. The van der Waals surface area contributed by atoms with E-state index >= 15 is 0 Å². The van der Waals surface area contributed by atoms with Crippen molar-refractivity contribution in [3.8, 4) is 5.75 Å². The zero-order valence-electron chi connectivity index (χ0n) is 14.4. The maximum absolute atomic E-state index is 12.9. The van der Waals surface area contributed by atoms with Gasteiger partial charge in [-0.15, -0.1) is 0 Å². The average molecular weight is 342 g/mol. The lowest BCUT2D eigenvalue weighted by Crippen LogP contribution is -2.40. The summed E-state index contributed by atoms with van der Waals surface area (Å²) in [6.07, 6.45) is 2.66. The molecule has 2 aromatic carbocycles. The van der Waals surface area contributed by atoms with Crippen LogP contribution < -0.4 is 10.1 Å². The first-order valence-electron chi connectivity index (χ1n) is 8.60. The van der Waals surface area contributed by atoms with Crippen molar-refractivity contribution >= 4 is 6.03 Å². The SMILES string of the molecule is COc1ccc(C2CCCN2C(=O)NCCc2ccc(F)cc2)cc1. The van der Waals surface area contributed by atoms with Crippen molar-refractivity contribution in [2.75, 3.05) is 20.2 Å². The lowest BCUT2D eigenvalue weighted by Gasteiger charge is -2.25. The summed E-state index contributed by atoms with van der Waals surface area (Å²) in [4.78, 5) is 14.4. The van der Waals surface area contributed by atoms with Crippen LogP contribution in [0.5, 0.6) is 5.75 Å². The lowest BCUT2D eigenvalue weighted by molar-refractivity contribution is 0.193. The topological polar surface area (TPSA) is 41.6 Å². The highest BCUT2D eigenvalue weighted by Gasteiger charge is 2.29.